The number of carbonyl (C=O) groups is 1. The number of nitro groups is 1. The van der Waals surface area contributed by atoms with Crippen molar-refractivity contribution in [3.05, 3.63) is 32.8 Å². The highest BCUT2D eigenvalue weighted by Crippen LogP contribution is 2.34. The van der Waals surface area contributed by atoms with Crippen molar-refractivity contribution in [2.75, 3.05) is 18.5 Å². The van der Waals surface area contributed by atoms with Gasteiger partial charge in [-0.05, 0) is 17.9 Å². The van der Waals surface area contributed by atoms with Crippen molar-refractivity contribution in [3.63, 3.8) is 0 Å². The van der Waals surface area contributed by atoms with Crippen LogP contribution in [-0.4, -0.2) is 28.8 Å². The van der Waals surface area contributed by atoms with Crippen molar-refractivity contribution in [1.82, 2.24) is 4.90 Å². The lowest BCUT2D eigenvalue weighted by Crippen LogP contribution is -2.29. The van der Waals surface area contributed by atoms with Crippen LogP contribution in [0, 0.1) is 22.0 Å². The molecule has 1 aliphatic heterocycles. The van der Waals surface area contributed by atoms with Gasteiger partial charge in [0, 0.05) is 24.7 Å². The number of likely N-dealkylation sites (tertiary alicyclic amines) is 1. The van der Waals surface area contributed by atoms with Gasteiger partial charge < -0.3 is 10.3 Å². The first-order valence-electron chi connectivity index (χ1n) is 6.59. The van der Waals surface area contributed by atoms with E-state index < -0.39 is 4.92 Å². The first kappa shape index (κ1) is 15.5. The summed E-state index contributed by atoms with van der Waals surface area (Å²) in [6.45, 7) is 5.44. The molecule has 2 unspecified atom stereocenters. The Bertz CT molecular complexity index is 583. The standard InChI is InChI=1S/C13H17ClN4O3/c1-7-5-17(6-8(7)2)13(19)9-3-10(14)12(16-15)11(4-9)18(20)21/h3-4,7-8,16H,5-6,15H2,1-2H3. The molecule has 1 amide bonds. The molecule has 1 aromatic carbocycles. The number of nitrogens with one attached hydrogen (secondary N) is 1. The summed E-state index contributed by atoms with van der Waals surface area (Å²) in [5.74, 6) is 5.80. The van der Waals surface area contributed by atoms with Crippen LogP contribution in [0.25, 0.3) is 0 Å². The van der Waals surface area contributed by atoms with Crippen molar-refractivity contribution in [2.45, 2.75) is 13.8 Å². The Hall–Kier alpha value is -1.86. The fourth-order valence-corrected chi connectivity index (χ4v) is 2.75. The summed E-state index contributed by atoms with van der Waals surface area (Å²) in [5, 5.41) is 11.1. The highest BCUT2D eigenvalue weighted by Gasteiger charge is 2.31. The largest absolute Gasteiger partial charge is 0.338 e. The molecular formula is C13H17ClN4O3. The van der Waals surface area contributed by atoms with Crippen LogP contribution in [0.15, 0.2) is 12.1 Å². The third-order valence-electron chi connectivity index (χ3n) is 3.93. The second kappa shape index (κ2) is 5.87. The molecule has 1 aromatic rings. The van der Waals surface area contributed by atoms with E-state index in [1.807, 2.05) is 0 Å². The number of nitrogen functional groups attached to an aromatic ring is 1. The minimum Gasteiger partial charge on any atom is -0.338 e. The number of nitrogens with two attached hydrogens (primary N) is 1. The maximum Gasteiger partial charge on any atom is 0.295 e. The predicted molar refractivity (Wildman–Crippen MR) is 80.1 cm³/mol. The fraction of sp³-hybridized carbons (Fsp3) is 0.462. The quantitative estimate of drug-likeness (QED) is 0.506. The van der Waals surface area contributed by atoms with Crippen molar-refractivity contribution in [3.8, 4) is 0 Å². The van der Waals surface area contributed by atoms with Gasteiger partial charge >= 0.3 is 0 Å². The number of amides is 1. The monoisotopic (exact) mass is 312 g/mol. The lowest BCUT2D eigenvalue weighted by molar-refractivity contribution is -0.384. The first-order valence-corrected chi connectivity index (χ1v) is 6.96. The summed E-state index contributed by atoms with van der Waals surface area (Å²) >= 11 is 5.97. The van der Waals surface area contributed by atoms with Gasteiger partial charge in [0.1, 0.15) is 5.69 Å². The van der Waals surface area contributed by atoms with Crippen LogP contribution in [0.2, 0.25) is 5.02 Å². The van der Waals surface area contributed by atoms with Gasteiger partial charge in [-0.25, -0.2) is 0 Å². The number of anilines is 1. The van der Waals surface area contributed by atoms with Crippen LogP contribution < -0.4 is 11.3 Å². The number of nitrogens with zero attached hydrogens (tertiary/aromatic N) is 2. The Labute approximate surface area is 127 Å². The maximum absolute atomic E-state index is 12.5. The molecule has 8 heteroatoms. The minimum atomic E-state index is -0.618. The lowest BCUT2D eigenvalue weighted by atomic mass is 10.0. The zero-order chi connectivity index (χ0) is 15.7. The normalized spacial score (nSPS) is 21.4. The van der Waals surface area contributed by atoms with Gasteiger partial charge in [0.05, 0.1) is 9.95 Å². The number of hydrogen-bond donors (Lipinski definition) is 2. The van der Waals surface area contributed by atoms with E-state index in [1.165, 1.54) is 12.1 Å². The average molecular weight is 313 g/mol. The second-order valence-electron chi connectivity index (χ2n) is 5.42. The molecule has 0 saturated carbocycles. The molecule has 21 heavy (non-hydrogen) atoms. The first-order chi connectivity index (χ1) is 9.85. The summed E-state index contributed by atoms with van der Waals surface area (Å²) in [7, 11) is 0. The van der Waals surface area contributed by atoms with E-state index in [0.29, 0.717) is 24.9 Å². The van der Waals surface area contributed by atoms with Crippen LogP contribution >= 0.6 is 11.6 Å². The van der Waals surface area contributed by atoms with Crippen LogP contribution in [0.5, 0.6) is 0 Å². The van der Waals surface area contributed by atoms with Gasteiger partial charge in [-0.1, -0.05) is 25.4 Å². The Morgan fingerprint density at radius 1 is 1.43 bits per heavy atom. The molecule has 0 aliphatic carbocycles. The zero-order valence-corrected chi connectivity index (χ0v) is 12.6. The SMILES string of the molecule is CC1CN(C(=O)c2cc(Cl)c(NN)c([N+](=O)[O-])c2)CC1C. The van der Waals surface area contributed by atoms with Crippen LogP contribution in [0.1, 0.15) is 24.2 Å². The number of halogens is 1. The summed E-state index contributed by atoms with van der Waals surface area (Å²) in [6.07, 6.45) is 0. The number of rotatable bonds is 3. The van der Waals surface area contributed by atoms with Crippen LogP contribution in [0.4, 0.5) is 11.4 Å². The number of benzene rings is 1. The molecule has 0 spiro atoms. The molecule has 1 fully saturated rings. The lowest BCUT2D eigenvalue weighted by Gasteiger charge is -2.16. The number of carbonyl (C=O) groups excluding carboxylic acids is 1. The molecule has 3 N–H and O–H groups in total. The highest BCUT2D eigenvalue weighted by molar-refractivity contribution is 6.34. The average Bonchev–Trinajstić information content (AvgIpc) is 2.76. The minimum absolute atomic E-state index is 0.00127. The zero-order valence-electron chi connectivity index (χ0n) is 11.8. The molecule has 114 valence electrons. The Morgan fingerprint density at radius 2 is 2.00 bits per heavy atom. The van der Waals surface area contributed by atoms with E-state index in [-0.39, 0.29) is 27.9 Å². The van der Waals surface area contributed by atoms with Gasteiger partial charge in [-0.15, -0.1) is 0 Å². The molecule has 2 rings (SSSR count). The molecule has 1 heterocycles. The van der Waals surface area contributed by atoms with Gasteiger partial charge in [-0.2, -0.15) is 0 Å². The topological polar surface area (TPSA) is 102 Å². The van der Waals surface area contributed by atoms with E-state index in [1.54, 1.807) is 4.90 Å². The molecule has 0 bridgehead atoms. The van der Waals surface area contributed by atoms with E-state index >= 15 is 0 Å². The molecule has 1 saturated heterocycles. The van der Waals surface area contributed by atoms with E-state index in [2.05, 4.69) is 19.3 Å². The summed E-state index contributed by atoms with van der Waals surface area (Å²) in [4.78, 5) is 24.6. The Balaban J connectivity index is 2.36. The smallest absolute Gasteiger partial charge is 0.295 e. The molecule has 0 radical (unpaired) electrons. The van der Waals surface area contributed by atoms with Crippen LogP contribution in [0.3, 0.4) is 0 Å². The highest BCUT2D eigenvalue weighted by atomic mass is 35.5. The van der Waals surface area contributed by atoms with Crippen molar-refractivity contribution in [2.24, 2.45) is 17.7 Å². The molecule has 7 nitrogen and oxygen atoms in total. The van der Waals surface area contributed by atoms with Gasteiger partial charge in [-0.3, -0.25) is 20.8 Å². The fourth-order valence-electron chi connectivity index (χ4n) is 2.48. The maximum atomic E-state index is 12.5. The summed E-state index contributed by atoms with van der Waals surface area (Å²) < 4.78 is 0. The third-order valence-corrected chi connectivity index (χ3v) is 4.23. The van der Waals surface area contributed by atoms with E-state index in [9.17, 15) is 14.9 Å². The number of hydrazine groups is 1. The predicted octanol–water partition coefficient (Wildman–Crippen LogP) is 2.26. The molecule has 1 aliphatic rings. The van der Waals surface area contributed by atoms with Crippen molar-refractivity contribution >= 4 is 28.9 Å². The van der Waals surface area contributed by atoms with E-state index in [0.717, 1.165) is 0 Å². The van der Waals surface area contributed by atoms with Gasteiger partial charge in [0.15, 0.2) is 0 Å². The van der Waals surface area contributed by atoms with Crippen molar-refractivity contribution < 1.29 is 9.72 Å². The third kappa shape index (κ3) is 2.93. The molecular weight excluding hydrogens is 296 g/mol. The Morgan fingerprint density at radius 3 is 2.48 bits per heavy atom. The number of hydrogen-bond acceptors (Lipinski definition) is 5. The molecule has 0 aromatic heterocycles. The summed E-state index contributed by atoms with van der Waals surface area (Å²) in [5.41, 5.74) is 2.09. The second-order valence-corrected chi connectivity index (χ2v) is 5.83. The molecule has 2 atom stereocenters. The van der Waals surface area contributed by atoms with Gasteiger partial charge in [0.25, 0.3) is 11.6 Å². The summed E-state index contributed by atoms with van der Waals surface area (Å²) in [6, 6.07) is 2.61. The van der Waals surface area contributed by atoms with Crippen LogP contribution in [-0.2, 0) is 0 Å². The van der Waals surface area contributed by atoms with Gasteiger partial charge in [0.2, 0.25) is 0 Å². The van der Waals surface area contributed by atoms with E-state index in [4.69, 9.17) is 17.4 Å². The van der Waals surface area contributed by atoms with Crippen molar-refractivity contribution in [1.29, 1.82) is 0 Å². The number of nitro benzene ring substituents is 1. The Kier molecular flexibility index (Phi) is 4.34.